The van der Waals surface area contributed by atoms with Crippen LogP contribution in [0, 0.1) is 11.6 Å². The second-order valence-corrected chi connectivity index (χ2v) is 7.03. The fourth-order valence-corrected chi connectivity index (χ4v) is 3.38. The molecule has 0 aliphatic carbocycles. The third kappa shape index (κ3) is 4.33. The normalized spacial score (nSPS) is 10.9. The van der Waals surface area contributed by atoms with Gasteiger partial charge in [-0.15, -0.1) is 0 Å². The van der Waals surface area contributed by atoms with E-state index in [2.05, 4.69) is 5.32 Å². The van der Waals surface area contributed by atoms with Crippen molar-refractivity contribution >= 4 is 28.1 Å². The Balaban J connectivity index is 1.63. The number of hydrogen-bond acceptors (Lipinski definition) is 2. The van der Waals surface area contributed by atoms with Gasteiger partial charge in [-0.25, -0.2) is 8.78 Å². The van der Waals surface area contributed by atoms with Gasteiger partial charge >= 0.3 is 0 Å². The monoisotopic (exact) mass is 409 g/mol. The molecule has 0 atom stereocenters. The molecule has 0 aromatic heterocycles. The average molecular weight is 410 g/mol. The first kappa shape index (κ1) is 19.2. The highest BCUT2D eigenvalue weighted by Crippen LogP contribution is 2.30. The van der Waals surface area contributed by atoms with E-state index < -0.39 is 5.82 Å². The molecular formula is C24H18ClF2NO. The van der Waals surface area contributed by atoms with E-state index in [1.807, 2.05) is 36.4 Å². The van der Waals surface area contributed by atoms with Crippen LogP contribution in [0.5, 0.6) is 5.75 Å². The molecule has 0 amide bonds. The van der Waals surface area contributed by atoms with Gasteiger partial charge in [-0.2, -0.15) is 0 Å². The van der Waals surface area contributed by atoms with Crippen LogP contribution in [0.4, 0.5) is 14.5 Å². The summed E-state index contributed by atoms with van der Waals surface area (Å²) in [5.74, 6) is -0.0992. The molecule has 0 saturated heterocycles. The Kier molecular flexibility index (Phi) is 5.63. The maximum absolute atomic E-state index is 14.0. The fraction of sp³-hybridized carbons (Fsp3) is 0.0833. The Morgan fingerprint density at radius 3 is 2.45 bits per heavy atom. The van der Waals surface area contributed by atoms with Crippen molar-refractivity contribution in [2.75, 3.05) is 5.32 Å². The Morgan fingerprint density at radius 1 is 0.828 bits per heavy atom. The molecule has 29 heavy (non-hydrogen) atoms. The molecule has 0 heterocycles. The SMILES string of the molecule is Fc1ccc(NCc2c(OCc3ccccc3F)ccc3ccccc23)cc1Cl. The van der Waals surface area contributed by atoms with Crippen LogP contribution in [-0.2, 0) is 13.2 Å². The van der Waals surface area contributed by atoms with Crippen LogP contribution in [0.2, 0.25) is 5.02 Å². The number of halogens is 3. The molecule has 4 aromatic rings. The first-order valence-corrected chi connectivity index (χ1v) is 9.55. The quantitative estimate of drug-likeness (QED) is 0.371. The van der Waals surface area contributed by atoms with E-state index in [9.17, 15) is 8.78 Å². The number of fused-ring (bicyclic) bond motifs is 1. The molecule has 146 valence electrons. The summed E-state index contributed by atoms with van der Waals surface area (Å²) >= 11 is 5.88. The number of anilines is 1. The van der Waals surface area contributed by atoms with E-state index in [0.717, 1.165) is 16.3 Å². The summed E-state index contributed by atoms with van der Waals surface area (Å²) in [5.41, 5.74) is 2.12. The van der Waals surface area contributed by atoms with Crippen LogP contribution < -0.4 is 10.1 Å². The van der Waals surface area contributed by atoms with Gasteiger partial charge in [-0.1, -0.05) is 60.1 Å². The predicted molar refractivity (Wildman–Crippen MR) is 113 cm³/mol. The molecule has 2 nitrogen and oxygen atoms in total. The lowest BCUT2D eigenvalue weighted by Gasteiger charge is -2.16. The van der Waals surface area contributed by atoms with Gasteiger partial charge in [0.25, 0.3) is 0 Å². The summed E-state index contributed by atoms with van der Waals surface area (Å²) < 4.78 is 33.3. The molecule has 5 heteroatoms. The van der Waals surface area contributed by atoms with Crippen LogP contribution in [0.25, 0.3) is 10.8 Å². The van der Waals surface area contributed by atoms with Gasteiger partial charge in [0.1, 0.15) is 24.0 Å². The maximum atomic E-state index is 14.0. The molecule has 0 fully saturated rings. The molecular weight excluding hydrogens is 392 g/mol. The van der Waals surface area contributed by atoms with Crippen LogP contribution in [-0.4, -0.2) is 0 Å². The molecule has 0 aliphatic rings. The number of rotatable bonds is 6. The second-order valence-electron chi connectivity index (χ2n) is 6.63. The van der Waals surface area contributed by atoms with Crippen molar-refractivity contribution in [3.05, 3.63) is 107 Å². The van der Waals surface area contributed by atoms with E-state index in [4.69, 9.17) is 16.3 Å². The van der Waals surface area contributed by atoms with Crippen molar-refractivity contribution in [1.82, 2.24) is 0 Å². The van der Waals surface area contributed by atoms with E-state index in [0.29, 0.717) is 23.5 Å². The Morgan fingerprint density at radius 2 is 1.62 bits per heavy atom. The maximum Gasteiger partial charge on any atom is 0.141 e. The molecule has 0 unspecified atom stereocenters. The number of ether oxygens (including phenoxy) is 1. The minimum absolute atomic E-state index is 0.0592. The fourth-order valence-electron chi connectivity index (χ4n) is 3.20. The molecule has 0 aliphatic heterocycles. The van der Waals surface area contributed by atoms with Gasteiger partial charge in [0.15, 0.2) is 0 Å². The van der Waals surface area contributed by atoms with Gasteiger partial charge in [0.2, 0.25) is 0 Å². The summed E-state index contributed by atoms with van der Waals surface area (Å²) in [6, 6.07) is 22.9. The Labute approximate surface area is 172 Å². The molecule has 0 spiro atoms. The summed E-state index contributed by atoms with van der Waals surface area (Å²) in [6.07, 6.45) is 0. The lowest BCUT2D eigenvalue weighted by molar-refractivity contribution is 0.297. The molecule has 4 rings (SSSR count). The summed E-state index contributed by atoms with van der Waals surface area (Å²) in [5, 5.41) is 5.42. The third-order valence-corrected chi connectivity index (χ3v) is 5.02. The second kappa shape index (κ2) is 8.50. The van der Waals surface area contributed by atoms with Gasteiger partial charge < -0.3 is 10.1 Å². The summed E-state index contributed by atoms with van der Waals surface area (Å²) in [4.78, 5) is 0. The van der Waals surface area contributed by atoms with Gasteiger partial charge in [0.05, 0.1) is 5.02 Å². The summed E-state index contributed by atoms with van der Waals surface area (Å²) in [7, 11) is 0. The standard InChI is InChI=1S/C24H18ClF2NO/c25-21-13-18(10-11-23(21)27)28-14-20-19-7-3-1-5-16(19)9-12-24(20)29-15-17-6-2-4-8-22(17)26/h1-13,28H,14-15H2. The first-order chi connectivity index (χ1) is 14.1. The minimum atomic E-state index is -0.462. The Hall–Kier alpha value is -3.11. The van der Waals surface area contributed by atoms with Crippen molar-refractivity contribution in [3.63, 3.8) is 0 Å². The van der Waals surface area contributed by atoms with Gasteiger partial charge in [-0.05, 0) is 41.1 Å². The average Bonchev–Trinajstić information content (AvgIpc) is 2.74. The summed E-state index contributed by atoms with van der Waals surface area (Å²) in [6.45, 7) is 0.566. The Bertz CT molecular complexity index is 1160. The molecule has 4 aromatic carbocycles. The lowest BCUT2D eigenvalue weighted by atomic mass is 10.0. The lowest BCUT2D eigenvalue weighted by Crippen LogP contribution is -2.05. The molecule has 0 bridgehead atoms. The third-order valence-electron chi connectivity index (χ3n) is 4.73. The number of nitrogens with one attached hydrogen (secondary N) is 1. The van der Waals surface area contributed by atoms with Gasteiger partial charge in [0, 0.05) is 23.4 Å². The first-order valence-electron chi connectivity index (χ1n) is 9.17. The molecule has 1 N–H and O–H groups in total. The van der Waals surface area contributed by atoms with Crippen molar-refractivity contribution in [2.45, 2.75) is 13.2 Å². The van der Waals surface area contributed by atoms with E-state index in [-0.39, 0.29) is 17.4 Å². The number of hydrogen-bond donors (Lipinski definition) is 1. The van der Waals surface area contributed by atoms with Crippen molar-refractivity contribution in [1.29, 1.82) is 0 Å². The van der Waals surface area contributed by atoms with E-state index in [1.165, 1.54) is 12.1 Å². The largest absolute Gasteiger partial charge is 0.488 e. The molecule has 0 radical (unpaired) electrons. The van der Waals surface area contributed by atoms with Crippen LogP contribution in [0.3, 0.4) is 0 Å². The minimum Gasteiger partial charge on any atom is -0.488 e. The highest BCUT2D eigenvalue weighted by atomic mass is 35.5. The zero-order chi connectivity index (χ0) is 20.2. The van der Waals surface area contributed by atoms with Crippen LogP contribution >= 0.6 is 11.6 Å². The molecule has 0 saturated carbocycles. The van der Waals surface area contributed by atoms with Crippen LogP contribution in [0.15, 0.2) is 78.9 Å². The van der Waals surface area contributed by atoms with E-state index in [1.54, 1.807) is 30.3 Å². The van der Waals surface area contributed by atoms with E-state index >= 15 is 0 Å². The van der Waals surface area contributed by atoms with Crippen molar-refractivity contribution in [3.8, 4) is 5.75 Å². The van der Waals surface area contributed by atoms with Crippen molar-refractivity contribution in [2.24, 2.45) is 0 Å². The zero-order valence-corrected chi connectivity index (χ0v) is 16.2. The smallest absolute Gasteiger partial charge is 0.141 e. The highest BCUT2D eigenvalue weighted by molar-refractivity contribution is 6.31. The topological polar surface area (TPSA) is 21.3 Å². The van der Waals surface area contributed by atoms with Crippen LogP contribution in [0.1, 0.15) is 11.1 Å². The van der Waals surface area contributed by atoms with Gasteiger partial charge in [-0.3, -0.25) is 0 Å². The predicted octanol–water partition coefficient (Wildman–Crippen LogP) is 6.96. The highest BCUT2D eigenvalue weighted by Gasteiger charge is 2.11. The zero-order valence-electron chi connectivity index (χ0n) is 15.5. The van der Waals surface area contributed by atoms with Crippen molar-refractivity contribution < 1.29 is 13.5 Å². The number of benzene rings is 4.